The summed E-state index contributed by atoms with van der Waals surface area (Å²) in [5, 5.41) is 13.2. The molecule has 2 aromatic heterocycles. The highest BCUT2D eigenvalue weighted by Crippen LogP contribution is 2.42. The Labute approximate surface area is 126 Å². The molecule has 0 aliphatic rings. The third-order valence-electron chi connectivity index (χ3n) is 2.72. The molecule has 2 rings (SSSR count). The van der Waals surface area contributed by atoms with Crippen LogP contribution < -0.4 is 21.1 Å². The number of anilines is 2. The number of carbonyl (C=O) groups is 1. The van der Waals surface area contributed by atoms with Gasteiger partial charge in [0.15, 0.2) is 5.75 Å². The van der Waals surface area contributed by atoms with Crippen LogP contribution in [0.4, 0.5) is 10.7 Å². The van der Waals surface area contributed by atoms with Gasteiger partial charge in [-0.3, -0.25) is 9.89 Å². The van der Waals surface area contributed by atoms with Crippen molar-refractivity contribution in [2.75, 3.05) is 24.7 Å². The van der Waals surface area contributed by atoms with Crippen LogP contribution in [-0.2, 0) is 6.54 Å². The van der Waals surface area contributed by atoms with Gasteiger partial charge in [0.05, 0.1) is 13.3 Å². The lowest BCUT2D eigenvalue weighted by molar-refractivity contribution is 0.0962. The standard InChI is InChI=1S/C13H17N5O2S/c1-3-4-15-12(19)11-9(14)10(20-2)13(21-11)16-5-8-6-17-18-7-8/h3,6-7,16H,1,4-5,14H2,2H3,(H,15,19)(H,17,18). The number of hydrogen-bond donors (Lipinski definition) is 4. The normalized spacial score (nSPS) is 10.1. The molecule has 112 valence electrons. The number of thiophene rings is 1. The van der Waals surface area contributed by atoms with Crippen LogP contribution in [-0.4, -0.2) is 29.8 Å². The van der Waals surface area contributed by atoms with Crippen molar-refractivity contribution in [1.82, 2.24) is 15.5 Å². The first kappa shape index (κ1) is 14.9. The molecule has 0 aromatic carbocycles. The highest BCUT2D eigenvalue weighted by Gasteiger charge is 2.21. The molecule has 21 heavy (non-hydrogen) atoms. The fraction of sp³-hybridized carbons (Fsp3) is 0.231. The number of H-pyrrole nitrogens is 1. The monoisotopic (exact) mass is 307 g/mol. The maximum Gasteiger partial charge on any atom is 0.263 e. The molecule has 0 unspecified atom stereocenters. The highest BCUT2D eigenvalue weighted by atomic mass is 32.1. The zero-order chi connectivity index (χ0) is 15.2. The van der Waals surface area contributed by atoms with Crippen molar-refractivity contribution in [3.05, 3.63) is 35.5 Å². The molecule has 2 aromatic rings. The van der Waals surface area contributed by atoms with E-state index in [1.165, 1.54) is 18.4 Å². The summed E-state index contributed by atoms with van der Waals surface area (Å²) in [7, 11) is 1.52. The number of hydrogen-bond acceptors (Lipinski definition) is 6. The molecule has 0 saturated heterocycles. The molecule has 0 atom stereocenters. The van der Waals surface area contributed by atoms with E-state index < -0.39 is 0 Å². The predicted octanol–water partition coefficient (Wildman–Crippen LogP) is 1.59. The van der Waals surface area contributed by atoms with E-state index in [9.17, 15) is 4.79 Å². The second-order valence-corrected chi connectivity index (χ2v) is 5.19. The summed E-state index contributed by atoms with van der Waals surface area (Å²) in [6.07, 6.45) is 5.11. The molecule has 8 heteroatoms. The van der Waals surface area contributed by atoms with Gasteiger partial charge >= 0.3 is 0 Å². The number of nitrogens with two attached hydrogens (primary N) is 1. The third-order valence-corrected chi connectivity index (χ3v) is 3.87. The van der Waals surface area contributed by atoms with Gasteiger partial charge in [0.1, 0.15) is 15.6 Å². The molecule has 0 saturated carbocycles. The van der Waals surface area contributed by atoms with Gasteiger partial charge < -0.3 is 21.1 Å². The average Bonchev–Trinajstić information content (AvgIpc) is 3.10. The van der Waals surface area contributed by atoms with Crippen LogP contribution in [0, 0.1) is 0 Å². The maximum atomic E-state index is 12.0. The van der Waals surface area contributed by atoms with E-state index in [2.05, 4.69) is 27.4 Å². The molecule has 7 nitrogen and oxygen atoms in total. The van der Waals surface area contributed by atoms with Gasteiger partial charge in [-0.1, -0.05) is 6.08 Å². The topological polar surface area (TPSA) is 105 Å². The van der Waals surface area contributed by atoms with Crippen LogP contribution in [0.2, 0.25) is 0 Å². The lowest BCUT2D eigenvalue weighted by atomic mass is 10.3. The van der Waals surface area contributed by atoms with Crippen molar-refractivity contribution in [3.8, 4) is 5.75 Å². The van der Waals surface area contributed by atoms with Gasteiger partial charge in [0, 0.05) is 24.8 Å². The number of methoxy groups -OCH3 is 1. The van der Waals surface area contributed by atoms with Crippen LogP contribution in [0.3, 0.4) is 0 Å². The molecule has 0 radical (unpaired) electrons. The summed E-state index contributed by atoms with van der Waals surface area (Å²) in [6, 6.07) is 0. The van der Waals surface area contributed by atoms with E-state index in [1.54, 1.807) is 18.5 Å². The summed E-state index contributed by atoms with van der Waals surface area (Å²) >= 11 is 1.25. The minimum atomic E-state index is -0.243. The number of amides is 1. The average molecular weight is 307 g/mol. The first-order valence-electron chi connectivity index (χ1n) is 6.24. The predicted molar refractivity (Wildman–Crippen MR) is 83.7 cm³/mol. The first-order valence-corrected chi connectivity index (χ1v) is 7.05. The Hall–Kier alpha value is -2.48. The van der Waals surface area contributed by atoms with Crippen LogP contribution in [0.5, 0.6) is 5.75 Å². The Morgan fingerprint density at radius 2 is 2.48 bits per heavy atom. The summed E-state index contributed by atoms with van der Waals surface area (Å²) < 4.78 is 5.28. The largest absolute Gasteiger partial charge is 0.492 e. The van der Waals surface area contributed by atoms with Crippen LogP contribution in [0.1, 0.15) is 15.2 Å². The summed E-state index contributed by atoms with van der Waals surface area (Å²) in [6.45, 7) is 4.50. The van der Waals surface area contributed by atoms with E-state index in [0.717, 1.165) is 5.56 Å². The van der Waals surface area contributed by atoms with Gasteiger partial charge in [0.25, 0.3) is 5.91 Å². The second-order valence-electron chi connectivity index (χ2n) is 4.17. The molecule has 1 amide bonds. The molecular weight excluding hydrogens is 290 g/mol. The molecule has 2 heterocycles. The number of nitrogen functional groups attached to an aromatic ring is 1. The van der Waals surface area contributed by atoms with E-state index >= 15 is 0 Å². The molecule has 0 aliphatic heterocycles. The van der Waals surface area contributed by atoms with Crippen LogP contribution in [0.15, 0.2) is 25.0 Å². The van der Waals surface area contributed by atoms with Crippen molar-refractivity contribution in [2.24, 2.45) is 0 Å². The Kier molecular flexibility index (Phi) is 4.83. The fourth-order valence-electron chi connectivity index (χ4n) is 1.72. The van der Waals surface area contributed by atoms with E-state index in [4.69, 9.17) is 10.5 Å². The Morgan fingerprint density at radius 3 is 3.10 bits per heavy atom. The second kappa shape index (κ2) is 6.80. The molecular formula is C13H17N5O2S. The molecule has 0 fully saturated rings. The number of nitrogens with zero attached hydrogens (tertiary/aromatic N) is 1. The van der Waals surface area contributed by atoms with Gasteiger partial charge in [-0.05, 0) is 0 Å². The fourth-order valence-corrected chi connectivity index (χ4v) is 2.72. The van der Waals surface area contributed by atoms with Gasteiger partial charge in [0.2, 0.25) is 0 Å². The number of aromatic nitrogens is 2. The van der Waals surface area contributed by atoms with Crippen molar-refractivity contribution >= 4 is 27.9 Å². The van der Waals surface area contributed by atoms with Crippen molar-refractivity contribution < 1.29 is 9.53 Å². The molecule has 0 bridgehead atoms. The zero-order valence-electron chi connectivity index (χ0n) is 11.6. The number of nitrogens with one attached hydrogen (secondary N) is 3. The number of aromatic amines is 1. The van der Waals surface area contributed by atoms with E-state index in [0.29, 0.717) is 34.4 Å². The van der Waals surface area contributed by atoms with Crippen molar-refractivity contribution in [1.29, 1.82) is 0 Å². The smallest absolute Gasteiger partial charge is 0.263 e. The minimum absolute atomic E-state index is 0.243. The third kappa shape index (κ3) is 3.34. The van der Waals surface area contributed by atoms with E-state index in [1.807, 2.05) is 0 Å². The SMILES string of the molecule is C=CCNC(=O)c1sc(NCc2cn[nH]c2)c(OC)c1N. The Balaban J connectivity index is 2.16. The number of rotatable bonds is 7. The minimum Gasteiger partial charge on any atom is -0.492 e. The molecule has 0 aliphatic carbocycles. The molecule has 5 N–H and O–H groups in total. The van der Waals surface area contributed by atoms with Crippen molar-refractivity contribution in [2.45, 2.75) is 6.54 Å². The zero-order valence-corrected chi connectivity index (χ0v) is 12.4. The van der Waals surface area contributed by atoms with Crippen LogP contribution >= 0.6 is 11.3 Å². The number of carbonyl (C=O) groups excluding carboxylic acids is 1. The van der Waals surface area contributed by atoms with Gasteiger partial charge in [-0.25, -0.2) is 0 Å². The lowest BCUT2D eigenvalue weighted by Gasteiger charge is -2.05. The lowest BCUT2D eigenvalue weighted by Crippen LogP contribution is -2.23. The number of ether oxygens (including phenoxy) is 1. The quantitative estimate of drug-likeness (QED) is 0.581. The molecule has 0 spiro atoms. The summed E-state index contributed by atoms with van der Waals surface area (Å²) in [5.74, 6) is 0.235. The van der Waals surface area contributed by atoms with Crippen LogP contribution in [0.25, 0.3) is 0 Å². The Morgan fingerprint density at radius 1 is 1.67 bits per heavy atom. The summed E-state index contributed by atoms with van der Waals surface area (Å²) in [4.78, 5) is 12.4. The highest BCUT2D eigenvalue weighted by molar-refractivity contribution is 7.19. The summed E-state index contributed by atoms with van der Waals surface area (Å²) in [5.41, 5.74) is 7.30. The van der Waals surface area contributed by atoms with Crippen molar-refractivity contribution in [3.63, 3.8) is 0 Å². The first-order chi connectivity index (χ1) is 10.2. The Bertz CT molecular complexity index is 621. The van der Waals surface area contributed by atoms with Gasteiger partial charge in [-0.2, -0.15) is 5.10 Å². The maximum absolute atomic E-state index is 12.0. The van der Waals surface area contributed by atoms with Gasteiger partial charge in [-0.15, -0.1) is 17.9 Å². The van der Waals surface area contributed by atoms with E-state index in [-0.39, 0.29) is 5.91 Å².